The summed E-state index contributed by atoms with van der Waals surface area (Å²) in [5.41, 5.74) is 2.35. The first-order valence-electron chi connectivity index (χ1n) is 6.75. The monoisotopic (exact) mass is 294 g/mol. The van der Waals surface area contributed by atoms with Crippen LogP contribution in [-0.4, -0.2) is 18.9 Å². The summed E-state index contributed by atoms with van der Waals surface area (Å²) < 4.78 is 5.09. The molecule has 0 saturated carbocycles. The van der Waals surface area contributed by atoms with E-state index in [4.69, 9.17) is 4.74 Å². The van der Waals surface area contributed by atoms with E-state index >= 15 is 0 Å². The summed E-state index contributed by atoms with van der Waals surface area (Å²) in [5, 5.41) is 5.40. The van der Waals surface area contributed by atoms with Gasteiger partial charge in [-0.05, 0) is 30.3 Å². The lowest BCUT2D eigenvalue weighted by Crippen LogP contribution is -2.36. The number of hydrogen-bond donors (Lipinski definition) is 2. The Balaban J connectivity index is 1.91. The molecule has 1 heterocycles. The Morgan fingerprint density at radius 3 is 2.32 bits per heavy atom. The van der Waals surface area contributed by atoms with E-state index in [1.54, 1.807) is 37.6 Å². The van der Waals surface area contributed by atoms with Gasteiger partial charge in [0.2, 0.25) is 0 Å². The molecule has 0 atom stereocenters. The van der Waals surface area contributed by atoms with Crippen molar-refractivity contribution in [3.05, 3.63) is 65.9 Å². The van der Waals surface area contributed by atoms with Gasteiger partial charge >= 0.3 is 0 Å². The highest BCUT2D eigenvalue weighted by Gasteiger charge is 2.26. The van der Waals surface area contributed by atoms with E-state index in [0.29, 0.717) is 16.7 Å². The normalized spacial score (nSPS) is 15.2. The van der Waals surface area contributed by atoms with E-state index in [1.807, 2.05) is 24.3 Å². The second-order valence-corrected chi connectivity index (χ2v) is 4.76. The van der Waals surface area contributed by atoms with Gasteiger partial charge in [-0.25, -0.2) is 0 Å². The van der Waals surface area contributed by atoms with Crippen LogP contribution in [0.25, 0.3) is 5.57 Å². The molecule has 0 radical (unpaired) electrons. The second kappa shape index (κ2) is 5.73. The number of imide groups is 1. The number of methoxy groups -OCH3 is 1. The molecular weight excluding hydrogens is 280 g/mol. The maximum Gasteiger partial charge on any atom is 0.260 e. The molecule has 2 amide bonds. The van der Waals surface area contributed by atoms with Crippen molar-refractivity contribution in [3.63, 3.8) is 0 Å². The van der Waals surface area contributed by atoms with Gasteiger partial charge in [-0.2, -0.15) is 0 Å². The van der Waals surface area contributed by atoms with Crippen LogP contribution >= 0.6 is 0 Å². The predicted octanol–water partition coefficient (Wildman–Crippen LogP) is 2.42. The number of anilines is 1. The zero-order valence-corrected chi connectivity index (χ0v) is 11.9. The lowest BCUT2D eigenvalue weighted by atomic mass is 9.96. The maximum absolute atomic E-state index is 12.0. The molecule has 0 saturated heterocycles. The number of carbonyl (C=O) groups is 2. The number of benzene rings is 2. The zero-order chi connectivity index (χ0) is 15.5. The Morgan fingerprint density at radius 1 is 0.955 bits per heavy atom. The summed E-state index contributed by atoms with van der Waals surface area (Å²) in [6.07, 6.45) is 1.60. The summed E-state index contributed by atoms with van der Waals surface area (Å²) in [4.78, 5) is 23.8. The molecule has 0 aromatic heterocycles. The van der Waals surface area contributed by atoms with Crippen LogP contribution in [0.4, 0.5) is 5.69 Å². The molecular formula is C17H14N2O3. The van der Waals surface area contributed by atoms with Crippen molar-refractivity contribution in [1.82, 2.24) is 5.32 Å². The quantitative estimate of drug-likeness (QED) is 0.674. The summed E-state index contributed by atoms with van der Waals surface area (Å²) in [6, 6.07) is 14.3. The molecule has 0 spiro atoms. The number of nitrogens with one attached hydrogen (secondary N) is 2. The standard InChI is InChI=1S/C17H14N2O3/c1-22-12-8-6-11(7-9-12)18-10-15-13-4-2-3-5-14(13)16(20)19-17(15)21/h2-10,18H,1H3,(H,19,20,21). The number of ether oxygens (including phenoxy) is 1. The Hall–Kier alpha value is -3.08. The van der Waals surface area contributed by atoms with Gasteiger partial charge in [-0.15, -0.1) is 0 Å². The molecule has 0 aliphatic carbocycles. The van der Waals surface area contributed by atoms with Crippen molar-refractivity contribution in [3.8, 4) is 5.75 Å². The fourth-order valence-corrected chi connectivity index (χ4v) is 2.26. The van der Waals surface area contributed by atoms with Crippen molar-refractivity contribution >= 4 is 23.1 Å². The summed E-state index contributed by atoms with van der Waals surface area (Å²) >= 11 is 0. The van der Waals surface area contributed by atoms with E-state index < -0.39 is 5.91 Å². The van der Waals surface area contributed by atoms with Crippen LogP contribution in [0.5, 0.6) is 5.75 Å². The van der Waals surface area contributed by atoms with Gasteiger partial charge < -0.3 is 10.1 Å². The van der Waals surface area contributed by atoms with Gasteiger partial charge in [0, 0.05) is 23.0 Å². The first-order chi connectivity index (χ1) is 10.7. The predicted molar refractivity (Wildman–Crippen MR) is 83.5 cm³/mol. The summed E-state index contributed by atoms with van der Waals surface area (Å²) in [5.74, 6) is -0.0311. The van der Waals surface area contributed by atoms with Gasteiger partial charge in [0.1, 0.15) is 5.75 Å². The number of amides is 2. The number of hydrogen-bond acceptors (Lipinski definition) is 4. The van der Waals surface area contributed by atoms with Crippen LogP contribution in [0, 0.1) is 0 Å². The Morgan fingerprint density at radius 2 is 1.64 bits per heavy atom. The molecule has 0 unspecified atom stereocenters. The second-order valence-electron chi connectivity index (χ2n) is 4.76. The van der Waals surface area contributed by atoms with Gasteiger partial charge in [-0.3, -0.25) is 14.9 Å². The van der Waals surface area contributed by atoms with E-state index in [2.05, 4.69) is 10.6 Å². The summed E-state index contributed by atoms with van der Waals surface area (Å²) in [6.45, 7) is 0. The molecule has 22 heavy (non-hydrogen) atoms. The molecule has 2 aromatic carbocycles. The van der Waals surface area contributed by atoms with Gasteiger partial charge in [0.05, 0.1) is 12.7 Å². The fourth-order valence-electron chi connectivity index (χ4n) is 2.26. The van der Waals surface area contributed by atoms with Crippen molar-refractivity contribution in [2.24, 2.45) is 0 Å². The molecule has 0 bridgehead atoms. The average Bonchev–Trinajstić information content (AvgIpc) is 2.55. The fraction of sp³-hybridized carbons (Fsp3) is 0.0588. The zero-order valence-electron chi connectivity index (χ0n) is 11.9. The van der Waals surface area contributed by atoms with Crippen LogP contribution in [0.2, 0.25) is 0 Å². The maximum atomic E-state index is 12.0. The van der Waals surface area contributed by atoms with Gasteiger partial charge in [0.15, 0.2) is 0 Å². The van der Waals surface area contributed by atoms with Crippen LogP contribution in [0.1, 0.15) is 15.9 Å². The molecule has 110 valence electrons. The number of carbonyl (C=O) groups excluding carboxylic acids is 2. The minimum Gasteiger partial charge on any atom is -0.497 e. The van der Waals surface area contributed by atoms with Crippen molar-refractivity contribution in [2.75, 3.05) is 12.4 Å². The first-order valence-corrected chi connectivity index (χ1v) is 6.75. The third-order valence-electron chi connectivity index (χ3n) is 3.41. The minimum atomic E-state index is -0.412. The van der Waals surface area contributed by atoms with Crippen molar-refractivity contribution in [1.29, 1.82) is 0 Å². The first kappa shape index (κ1) is 13.9. The lowest BCUT2D eigenvalue weighted by Gasteiger charge is -2.18. The molecule has 5 nitrogen and oxygen atoms in total. The van der Waals surface area contributed by atoms with Crippen LogP contribution in [0.15, 0.2) is 54.7 Å². The summed E-state index contributed by atoms with van der Waals surface area (Å²) in [7, 11) is 1.60. The molecule has 5 heteroatoms. The van der Waals surface area contributed by atoms with E-state index in [0.717, 1.165) is 11.4 Å². The Labute approximate surface area is 127 Å². The highest BCUT2D eigenvalue weighted by molar-refractivity contribution is 6.31. The van der Waals surface area contributed by atoms with Crippen LogP contribution < -0.4 is 15.4 Å². The molecule has 2 N–H and O–H groups in total. The molecule has 2 aromatic rings. The van der Waals surface area contributed by atoms with Crippen molar-refractivity contribution in [2.45, 2.75) is 0 Å². The molecule has 1 aliphatic heterocycles. The highest BCUT2D eigenvalue weighted by Crippen LogP contribution is 2.24. The lowest BCUT2D eigenvalue weighted by molar-refractivity contribution is -0.114. The molecule has 0 fully saturated rings. The largest absolute Gasteiger partial charge is 0.497 e. The third kappa shape index (κ3) is 2.56. The van der Waals surface area contributed by atoms with E-state index in [9.17, 15) is 9.59 Å². The average molecular weight is 294 g/mol. The topological polar surface area (TPSA) is 67.4 Å². The number of fused-ring (bicyclic) bond motifs is 1. The smallest absolute Gasteiger partial charge is 0.260 e. The van der Waals surface area contributed by atoms with E-state index in [-0.39, 0.29) is 5.91 Å². The Bertz CT molecular complexity index is 764. The van der Waals surface area contributed by atoms with Crippen LogP contribution in [-0.2, 0) is 4.79 Å². The SMILES string of the molecule is COc1ccc(NC=C2C(=O)NC(=O)c3ccccc32)cc1. The van der Waals surface area contributed by atoms with Crippen molar-refractivity contribution < 1.29 is 14.3 Å². The highest BCUT2D eigenvalue weighted by atomic mass is 16.5. The van der Waals surface area contributed by atoms with Gasteiger partial charge in [-0.1, -0.05) is 18.2 Å². The van der Waals surface area contributed by atoms with Gasteiger partial charge in [0.25, 0.3) is 11.8 Å². The molecule has 1 aliphatic rings. The Kier molecular flexibility index (Phi) is 3.62. The molecule has 3 rings (SSSR count). The number of rotatable bonds is 3. The van der Waals surface area contributed by atoms with E-state index in [1.165, 1.54) is 0 Å². The van der Waals surface area contributed by atoms with Crippen LogP contribution in [0.3, 0.4) is 0 Å². The minimum absolute atomic E-state index is 0.373. The third-order valence-corrected chi connectivity index (χ3v) is 3.41.